The highest BCUT2D eigenvalue weighted by Crippen LogP contribution is 2.36. The lowest BCUT2D eigenvalue weighted by molar-refractivity contribution is 0.0506. The predicted molar refractivity (Wildman–Crippen MR) is 75.7 cm³/mol. The van der Waals surface area contributed by atoms with Crippen LogP contribution in [-0.2, 0) is 11.2 Å². The number of hydrogen-bond donors (Lipinski definition) is 1. The summed E-state index contributed by atoms with van der Waals surface area (Å²) >= 11 is 0. The molecule has 112 valence electrons. The van der Waals surface area contributed by atoms with Crippen molar-refractivity contribution < 1.29 is 13.5 Å². The molecule has 1 aliphatic rings. The highest BCUT2D eigenvalue weighted by Gasteiger charge is 2.37. The Kier molecular flexibility index (Phi) is 5.49. The third-order valence-electron chi connectivity index (χ3n) is 3.90. The molecule has 2 rings (SSSR count). The third kappa shape index (κ3) is 3.76. The zero-order valence-corrected chi connectivity index (χ0v) is 12.2. The lowest BCUT2D eigenvalue weighted by Gasteiger charge is -2.27. The molecule has 0 spiro atoms. The van der Waals surface area contributed by atoms with Crippen molar-refractivity contribution in [3.05, 3.63) is 35.4 Å². The van der Waals surface area contributed by atoms with Crippen molar-refractivity contribution >= 4 is 0 Å². The molecule has 0 aliphatic heterocycles. The number of ether oxygens (including phenoxy) is 1. The Labute approximate surface area is 119 Å². The maximum atomic E-state index is 13.8. The van der Waals surface area contributed by atoms with E-state index >= 15 is 0 Å². The monoisotopic (exact) mass is 283 g/mol. The molecule has 2 nitrogen and oxygen atoms in total. The smallest absolute Gasteiger partial charge is 0.129 e. The Morgan fingerprint density at radius 2 is 1.95 bits per heavy atom. The average molecular weight is 283 g/mol. The van der Waals surface area contributed by atoms with Gasteiger partial charge in [0.2, 0.25) is 0 Å². The molecule has 2 atom stereocenters. The molecular weight excluding hydrogens is 260 g/mol. The van der Waals surface area contributed by atoms with Crippen LogP contribution in [0.2, 0.25) is 0 Å². The SMILES string of the molecule is CCCNC(Cc1c(F)cccc1F)C(OC)C1CC1. The van der Waals surface area contributed by atoms with Crippen LogP contribution in [0.25, 0.3) is 0 Å². The standard InChI is InChI=1S/C16H23F2NO/c1-3-9-19-15(16(20-2)11-7-8-11)10-12-13(17)5-4-6-14(12)18/h4-6,11,15-16,19H,3,7-10H2,1-2H3. The Hall–Kier alpha value is -1.00. The van der Waals surface area contributed by atoms with E-state index in [-0.39, 0.29) is 17.7 Å². The van der Waals surface area contributed by atoms with Gasteiger partial charge in [0.05, 0.1) is 6.10 Å². The highest BCUT2D eigenvalue weighted by molar-refractivity contribution is 5.21. The van der Waals surface area contributed by atoms with E-state index in [1.165, 1.54) is 18.2 Å². The van der Waals surface area contributed by atoms with E-state index in [4.69, 9.17) is 4.74 Å². The molecule has 0 aromatic heterocycles. The number of hydrogen-bond acceptors (Lipinski definition) is 2. The van der Waals surface area contributed by atoms with E-state index < -0.39 is 11.6 Å². The molecule has 1 aromatic carbocycles. The van der Waals surface area contributed by atoms with E-state index in [1.807, 2.05) is 0 Å². The summed E-state index contributed by atoms with van der Waals surface area (Å²) in [6, 6.07) is 3.98. The first-order valence-electron chi connectivity index (χ1n) is 7.36. The van der Waals surface area contributed by atoms with Gasteiger partial charge in [-0.3, -0.25) is 0 Å². The number of rotatable bonds is 8. The van der Waals surface area contributed by atoms with Gasteiger partial charge in [0, 0.05) is 18.7 Å². The predicted octanol–water partition coefficient (Wildman–Crippen LogP) is 3.30. The molecule has 0 heterocycles. The van der Waals surface area contributed by atoms with Crippen LogP contribution in [0.3, 0.4) is 0 Å². The molecule has 20 heavy (non-hydrogen) atoms. The van der Waals surface area contributed by atoms with Crippen LogP contribution in [0, 0.1) is 17.6 Å². The zero-order valence-electron chi connectivity index (χ0n) is 12.2. The fourth-order valence-electron chi connectivity index (χ4n) is 2.69. The minimum atomic E-state index is -0.473. The van der Waals surface area contributed by atoms with E-state index in [0.717, 1.165) is 25.8 Å². The Morgan fingerprint density at radius 1 is 1.30 bits per heavy atom. The van der Waals surface area contributed by atoms with Crippen LogP contribution < -0.4 is 5.32 Å². The molecule has 1 fully saturated rings. The van der Waals surface area contributed by atoms with Crippen LogP contribution in [0.5, 0.6) is 0 Å². The normalized spacial score (nSPS) is 18.0. The number of halogens is 2. The van der Waals surface area contributed by atoms with Gasteiger partial charge >= 0.3 is 0 Å². The van der Waals surface area contributed by atoms with Crippen molar-refractivity contribution in [3.8, 4) is 0 Å². The molecular formula is C16H23F2NO. The van der Waals surface area contributed by atoms with Crippen molar-refractivity contribution in [3.63, 3.8) is 0 Å². The summed E-state index contributed by atoms with van der Waals surface area (Å²) in [5, 5.41) is 3.39. The van der Waals surface area contributed by atoms with Crippen molar-refractivity contribution in [2.45, 2.75) is 44.8 Å². The van der Waals surface area contributed by atoms with Crippen molar-refractivity contribution in [1.29, 1.82) is 0 Å². The molecule has 2 unspecified atom stereocenters. The number of benzene rings is 1. The van der Waals surface area contributed by atoms with Gasteiger partial charge < -0.3 is 10.1 Å². The van der Waals surface area contributed by atoms with Crippen molar-refractivity contribution in [2.75, 3.05) is 13.7 Å². The molecule has 0 saturated heterocycles. The molecule has 1 saturated carbocycles. The highest BCUT2D eigenvalue weighted by atomic mass is 19.1. The van der Waals surface area contributed by atoms with E-state index in [9.17, 15) is 8.78 Å². The lowest BCUT2D eigenvalue weighted by Crippen LogP contribution is -2.44. The summed E-state index contributed by atoms with van der Waals surface area (Å²) in [6.45, 7) is 2.90. The van der Waals surface area contributed by atoms with Gasteiger partial charge in [-0.15, -0.1) is 0 Å². The number of methoxy groups -OCH3 is 1. The average Bonchev–Trinajstić information content (AvgIpc) is 3.25. The van der Waals surface area contributed by atoms with Crippen LogP contribution in [-0.4, -0.2) is 25.8 Å². The molecule has 0 bridgehead atoms. The van der Waals surface area contributed by atoms with Gasteiger partial charge in [0.1, 0.15) is 11.6 Å². The summed E-state index contributed by atoms with van der Waals surface area (Å²) in [6.07, 6.45) is 3.62. The minimum absolute atomic E-state index is 0.0283. The maximum Gasteiger partial charge on any atom is 0.129 e. The van der Waals surface area contributed by atoms with Crippen LogP contribution in [0.1, 0.15) is 31.7 Å². The number of nitrogens with one attached hydrogen (secondary N) is 1. The Balaban J connectivity index is 2.13. The quantitative estimate of drug-likeness (QED) is 0.790. The van der Waals surface area contributed by atoms with Crippen LogP contribution >= 0.6 is 0 Å². The summed E-state index contributed by atoms with van der Waals surface area (Å²) in [4.78, 5) is 0. The molecule has 1 aliphatic carbocycles. The second-order valence-corrected chi connectivity index (χ2v) is 5.50. The van der Waals surface area contributed by atoms with Crippen molar-refractivity contribution in [1.82, 2.24) is 5.32 Å². The van der Waals surface area contributed by atoms with Gasteiger partial charge in [-0.05, 0) is 50.3 Å². The summed E-state index contributed by atoms with van der Waals surface area (Å²) < 4.78 is 33.2. The molecule has 1 N–H and O–H groups in total. The third-order valence-corrected chi connectivity index (χ3v) is 3.90. The van der Waals surface area contributed by atoms with Crippen LogP contribution in [0.4, 0.5) is 8.78 Å². The summed E-state index contributed by atoms with van der Waals surface area (Å²) in [5.41, 5.74) is 0.156. The Bertz CT molecular complexity index is 414. The fourth-order valence-corrected chi connectivity index (χ4v) is 2.69. The molecule has 4 heteroatoms. The summed E-state index contributed by atoms with van der Waals surface area (Å²) in [5.74, 6) is -0.429. The first-order chi connectivity index (χ1) is 9.67. The first-order valence-corrected chi connectivity index (χ1v) is 7.36. The lowest BCUT2D eigenvalue weighted by atomic mass is 9.97. The van der Waals surface area contributed by atoms with E-state index in [2.05, 4.69) is 12.2 Å². The molecule has 0 radical (unpaired) electrons. The topological polar surface area (TPSA) is 21.3 Å². The molecule has 0 amide bonds. The summed E-state index contributed by atoms with van der Waals surface area (Å²) in [7, 11) is 1.68. The molecule has 1 aromatic rings. The van der Waals surface area contributed by atoms with Gasteiger partial charge in [-0.1, -0.05) is 13.0 Å². The second kappa shape index (κ2) is 7.14. The first kappa shape index (κ1) is 15.4. The maximum absolute atomic E-state index is 13.8. The van der Waals surface area contributed by atoms with Gasteiger partial charge in [0.15, 0.2) is 0 Å². The second-order valence-electron chi connectivity index (χ2n) is 5.50. The van der Waals surface area contributed by atoms with Gasteiger partial charge in [-0.25, -0.2) is 8.78 Å². The fraction of sp³-hybridized carbons (Fsp3) is 0.625. The van der Waals surface area contributed by atoms with Crippen LogP contribution in [0.15, 0.2) is 18.2 Å². The largest absolute Gasteiger partial charge is 0.380 e. The van der Waals surface area contributed by atoms with Crippen molar-refractivity contribution in [2.24, 2.45) is 5.92 Å². The van der Waals surface area contributed by atoms with E-state index in [0.29, 0.717) is 12.3 Å². The minimum Gasteiger partial charge on any atom is -0.380 e. The van der Waals surface area contributed by atoms with Gasteiger partial charge in [-0.2, -0.15) is 0 Å². The Morgan fingerprint density at radius 3 is 2.45 bits per heavy atom. The van der Waals surface area contributed by atoms with E-state index in [1.54, 1.807) is 7.11 Å². The zero-order chi connectivity index (χ0) is 14.5. The van der Waals surface area contributed by atoms with Gasteiger partial charge in [0.25, 0.3) is 0 Å².